The second-order valence-corrected chi connectivity index (χ2v) is 5.60. The Kier molecular flexibility index (Phi) is 5.40. The highest BCUT2D eigenvalue weighted by molar-refractivity contribution is 5.37. The van der Waals surface area contributed by atoms with E-state index in [9.17, 15) is 0 Å². The number of aryl methyl sites for hydroxylation is 1. The van der Waals surface area contributed by atoms with Crippen LogP contribution in [0, 0.1) is 6.92 Å². The minimum Gasteiger partial charge on any atom is -0.489 e. The molecule has 1 unspecified atom stereocenters. The molecule has 0 aliphatic rings. The van der Waals surface area contributed by atoms with Crippen molar-refractivity contribution < 1.29 is 4.74 Å². The molecule has 0 aliphatic carbocycles. The molecule has 2 N–H and O–H groups in total. The van der Waals surface area contributed by atoms with Crippen molar-refractivity contribution in [2.24, 2.45) is 5.73 Å². The topological polar surface area (TPSA) is 35.2 Å². The summed E-state index contributed by atoms with van der Waals surface area (Å²) >= 11 is 0. The van der Waals surface area contributed by atoms with E-state index in [1.54, 1.807) is 0 Å². The summed E-state index contributed by atoms with van der Waals surface area (Å²) in [6.45, 7) is 7.74. The smallest absolute Gasteiger partial charge is 0.123 e. The van der Waals surface area contributed by atoms with E-state index in [1.807, 2.05) is 6.07 Å². The molecular formula is C19H25NO. The lowest BCUT2D eigenvalue weighted by Crippen LogP contribution is -2.03. The van der Waals surface area contributed by atoms with Crippen LogP contribution in [-0.2, 0) is 13.2 Å². The minimum atomic E-state index is 0.516. The van der Waals surface area contributed by atoms with Gasteiger partial charge in [0.05, 0.1) is 0 Å². The van der Waals surface area contributed by atoms with E-state index >= 15 is 0 Å². The largest absolute Gasteiger partial charge is 0.489 e. The molecule has 0 bridgehead atoms. The Balaban J connectivity index is 2.13. The molecule has 0 heterocycles. The molecule has 0 saturated carbocycles. The fraction of sp³-hybridized carbons (Fsp3) is 0.368. The van der Waals surface area contributed by atoms with Gasteiger partial charge in [0.25, 0.3) is 0 Å². The quantitative estimate of drug-likeness (QED) is 0.844. The fourth-order valence-corrected chi connectivity index (χ4v) is 2.44. The van der Waals surface area contributed by atoms with E-state index in [4.69, 9.17) is 10.5 Å². The number of para-hydroxylation sites is 1. The molecule has 0 amide bonds. The molecular weight excluding hydrogens is 258 g/mol. The summed E-state index contributed by atoms with van der Waals surface area (Å²) < 4.78 is 6.07. The first-order valence-electron chi connectivity index (χ1n) is 7.65. The molecule has 0 saturated heterocycles. The number of rotatable bonds is 6. The van der Waals surface area contributed by atoms with Gasteiger partial charge >= 0.3 is 0 Å². The van der Waals surface area contributed by atoms with Crippen molar-refractivity contribution in [2.45, 2.75) is 46.3 Å². The van der Waals surface area contributed by atoms with Crippen LogP contribution in [-0.4, -0.2) is 0 Å². The first kappa shape index (κ1) is 15.6. The van der Waals surface area contributed by atoms with E-state index in [0.717, 1.165) is 17.7 Å². The first-order chi connectivity index (χ1) is 10.2. The van der Waals surface area contributed by atoms with Gasteiger partial charge in [-0.3, -0.25) is 0 Å². The van der Waals surface area contributed by atoms with E-state index in [0.29, 0.717) is 19.1 Å². The van der Waals surface area contributed by atoms with Crippen molar-refractivity contribution in [3.05, 3.63) is 64.7 Å². The lowest BCUT2D eigenvalue weighted by Gasteiger charge is -2.16. The van der Waals surface area contributed by atoms with Crippen LogP contribution in [0.4, 0.5) is 0 Å². The number of hydrogen-bond acceptors (Lipinski definition) is 2. The standard InChI is InChI=1S/C19H25NO/c1-4-14(2)18-7-5-6-8-19(18)21-13-17-10-9-16(12-20)11-15(17)3/h5-11,14H,4,12-13,20H2,1-3H3. The summed E-state index contributed by atoms with van der Waals surface area (Å²) in [5, 5.41) is 0. The monoisotopic (exact) mass is 283 g/mol. The molecule has 2 aromatic carbocycles. The van der Waals surface area contributed by atoms with Crippen molar-refractivity contribution in [2.75, 3.05) is 0 Å². The molecule has 0 aliphatic heterocycles. The summed E-state index contributed by atoms with van der Waals surface area (Å²) in [5.74, 6) is 1.51. The minimum absolute atomic E-state index is 0.516. The SMILES string of the molecule is CCC(C)c1ccccc1OCc1ccc(CN)cc1C. The number of hydrogen-bond donors (Lipinski definition) is 1. The van der Waals surface area contributed by atoms with Gasteiger partial charge < -0.3 is 10.5 Å². The molecule has 0 spiro atoms. The maximum Gasteiger partial charge on any atom is 0.123 e. The Morgan fingerprint density at radius 3 is 2.57 bits per heavy atom. The van der Waals surface area contributed by atoms with Crippen LogP contribution in [0.1, 0.15) is 48.4 Å². The third-order valence-electron chi connectivity index (χ3n) is 4.09. The number of ether oxygens (including phenoxy) is 1. The summed E-state index contributed by atoms with van der Waals surface area (Å²) in [6.07, 6.45) is 1.12. The van der Waals surface area contributed by atoms with E-state index in [-0.39, 0.29) is 0 Å². The van der Waals surface area contributed by atoms with Crippen molar-refractivity contribution in [1.82, 2.24) is 0 Å². The highest BCUT2D eigenvalue weighted by Crippen LogP contribution is 2.29. The summed E-state index contributed by atoms with van der Waals surface area (Å²) in [4.78, 5) is 0. The first-order valence-corrected chi connectivity index (χ1v) is 7.65. The Bertz CT molecular complexity index is 592. The Labute approximate surface area is 127 Å². The number of nitrogens with two attached hydrogens (primary N) is 1. The van der Waals surface area contributed by atoms with Gasteiger partial charge in [-0.05, 0) is 47.6 Å². The van der Waals surface area contributed by atoms with Gasteiger partial charge in [0.1, 0.15) is 12.4 Å². The van der Waals surface area contributed by atoms with Crippen LogP contribution in [0.25, 0.3) is 0 Å². The zero-order valence-electron chi connectivity index (χ0n) is 13.2. The van der Waals surface area contributed by atoms with Crippen LogP contribution < -0.4 is 10.5 Å². The van der Waals surface area contributed by atoms with Crippen molar-refractivity contribution in [3.63, 3.8) is 0 Å². The highest BCUT2D eigenvalue weighted by atomic mass is 16.5. The van der Waals surface area contributed by atoms with E-state index in [1.165, 1.54) is 16.7 Å². The van der Waals surface area contributed by atoms with E-state index in [2.05, 4.69) is 57.2 Å². The number of benzene rings is 2. The van der Waals surface area contributed by atoms with E-state index < -0.39 is 0 Å². The zero-order chi connectivity index (χ0) is 15.2. The predicted octanol–water partition coefficient (Wildman–Crippen LogP) is 4.55. The van der Waals surface area contributed by atoms with Gasteiger partial charge in [-0.25, -0.2) is 0 Å². The molecule has 21 heavy (non-hydrogen) atoms. The fourth-order valence-electron chi connectivity index (χ4n) is 2.44. The van der Waals surface area contributed by atoms with Gasteiger partial charge in [-0.2, -0.15) is 0 Å². The van der Waals surface area contributed by atoms with Crippen molar-refractivity contribution in [3.8, 4) is 5.75 Å². The summed E-state index contributed by atoms with van der Waals surface area (Å²) in [5.41, 5.74) is 10.6. The molecule has 112 valence electrons. The molecule has 2 heteroatoms. The van der Waals surface area contributed by atoms with Crippen LogP contribution in [0.3, 0.4) is 0 Å². The van der Waals surface area contributed by atoms with Crippen molar-refractivity contribution >= 4 is 0 Å². The van der Waals surface area contributed by atoms with Gasteiger partial charge in [-0.1, -0.05) is 50.2 Å². The lowest BCUT2D eigenvalue weighted by atomic mass is 9.98. The van der Waals surface area contributed by atoms with Crippen LogP contribution in [0.15, 0.2) is 42.5 Å². The summed E-state index contributed by atoms with van der Waals surface area (Å²) in [7, 11) is 0. The predicted molar refractivity (Wildman–Crippen MR) is 88.6 cm³/mol. The normalized spacial score (nSPS) is 12.2. The second-order valence-electron chi connectivity index (χ2n) is 5.60. The third-order valence-corrected chi connectivity index (χ3v) is 4.09. The van der Waals surface area contributed by atoms with Gasteiger partial charge in [0.2, 0.25) is 0 Å². The molecule has 2 rings (SSSR count). The summed E-state index contributed by atoms with van der Waals surface area (Å²) in [6, 6.07) is 14.7. The Hall–Kier alpha value is -1.80. The highest BCUT2D eigenvalue weighted by Gasteiger charge is 2.10. The van der Waals surface area contributed by atoms with Gasteiger partial charge in [0.15, 0.2) is 0 Å². The second kappa shape index (κ2) is 7.28. The molecule has 0 fully saturated rings. The molecule has 0 radical (unpaired) electrons. The third kappa shape index (κ3) is 3.85. The van der Waals surface area contributed by atoms with Crippen LogP contribution in [0.2, 0.25) is 0 Å². The molecule has 2 aromatic rings. The lowest BCUT2D eigenvalue weighted by molar-refractivity contribution is 0.300. The Morgan fingerprint density at radius 2 is 1.90 bits per heavy atom. The maximum atomic E-state index is 6.07. The molecule has 1 atom stereocenters. The zero-order valence-corrected chi connectivity index (χ0v) is 13.2. The van der Waals surface area contributed by atoms with Gasteiger partial charge in [0, 0.05) is 6.54 Å². The van der Waals surface area contributed by atoms with Gasteiger partial charge in [-0.15, -0.1) is 0 Å². The van der Waals surface area contributed by atoms with Crippen molar-refractivity contribution in [1.29, 1.82) is 0 Å². The molecule has 0 aromatic heterocycles. The average Bonchev–Trinajstić information content (AvgIpc) is 2.53. The maximum absolute atomic E-state index is 6.07. The van der Waals surface area contributed by atoms with Crippen LogP contribution in [0.5, 0.6) is 5.75 Å². The molecule has 2 nitrogen and oxygen atoms in total. The average molecular weight is 283 g/mol. The van der Waals surface area contributed by atoms with Crippen LogP contribution >= 0.6 is 0 Å². The Morgan fingerprint density at radius 1 is 1.14 bits per heavy atom.